The van der Waals surface area contributed by atoms with Gasteiger partial charge in [-0.15, -0.1) is 10.2 Å². The van der Waals surface area contributed by atoms with Gasteiger partial charge in [0.25, 0.3) is 5.91 Å². The lowest BCUT2D eigenvalue weighted by Crippen LogP contribution is -2.31. The molecule has 2 N–H and O–H groups in total. The summed E-state index contributed by atoms with van der Waals surface area (Å²) in [7, 11) is 0. The second kappa shape index (κ2) is 8.94. The lowest BCUT2D eigenvalue weighted by molar-refractivity contribution is 0.0939. The van der Waals surface area contributed by atoms with E-state index in [4.69, 9.17) is 0 Å². The molecule has 1 atom stereocenters. The van der Waals surface area contributed by atoms with Gasteiger partial charge in [0, 0.05) is 23.7 Å². The SMILES string of the molecule is CC[C@@H](C)NC(=O)c1ccc(-c2ccc(NCc3ccccc3)nn2)cc1. The molecule has 138 valence electrons. The summed E-state index contributed by atoms with van der Waals surface area (Å²) in [6, 6.07) is 21.6. The van der Waals surface area contributed by atoms with Crippen LogP contribution in [0, 0.1) is 0 Å². The largest absolute Gasteiger partial charge is 0.365 e. The van der Waals surface area contributed by atoms with Gasteiger partial charge in [-0.1, -0.05) is 49.4 Å². The molecule has 5 heteroatoms. The van der Waals surface area contributed by atoms with Crippen molar-refractivity contribution >= 4 is 11.7 Å². The van der Waals surface area contributed by atoms with Crippen molar-refractivity contribution in [2.24, 2.45) is 0 Å². The topological polar surface area (TPSA) is 66.9 Å². The van der Waals surface area contributed by atoms with E-state index in [9.17, 15) is 4.79 Å². The zero-order chi connectivity index (χ0) is 19.1. The molecule has 2 aromatic carbocycles. The molecule has 0 aliphatic heterocycles. The molecule has 5 nitrogen and oxygen atoms in total. The van der Waals surface area contributed by atoms with Crippen LogP contribution in [0.15, 0.2) is 66.7 Å². The molecule has 1 heterocycles. The van der Waals surface area contributed by atoms with E-state index in [-0.39, 0.29) is 11.9 Å². The van der Waals surface area contributed by atoms with Gasteiger partial charge in [0.1, 0.15) is 5.82 Å². The van der Waals surface area contributed by atoms with Crippen LogP contribution in [-0.4, -0.2) is 22.1 Å². The Morgan fingerprint density at radius 1 is 0.963 bits per heavy atom. The van der Waals surface area contributed by atoms with Crippen LogP contribution < -0.4 is 10.6 Å². The van der Waals surface area contributed by atoms with Gasteiger partial charge < -0.3 is 10.6 Å². The number of nitrogens with zero attached hydrogens (tertiary/aromatic N) is 2. The maximum absolute atomic E-state index is 12.1. The molecular formula is C22H24N4O. The molecule has 0 bridgehead atoms. The van der Waals surface area contributed by atoms with Crippen molar-refractivity contribution in [3.63, 3.8) is 0 Å². The van der Waals surface area contributed by atoms with Crippen molar-refractivity contribution in [1.29, 1.82) is 0 Å². The second-order valence-corrected chi connectivity index (χ2v) is 6.50. The Hall–Kier alpha value is -3.21. The van der Waals surface area contributed by atoms with E-state index >= 15 is 0 Å². The van der Waals surface area contributed by atoms with Crippen LogP contribution in [0.25, 0.3) is 11.3 Å². The maximum Gasteiger partial charge on any atom is 0.251 e. The van der Waals surface area contributed by atoms with Crippen molar-refractivity contribution in [2.45, 2.75) is 32.9 Å². The number of nitrogens with one attached hydrogen (secondary N) is 2. The second-order valence-electron chi connectivity index (χ2n) is 6.50. The Morgan fingerprint density at radius 2 is 1.70 bits per heavy atom. The van der Waals surface area contributed by atoms with Crippen molar-refractivity contribution in [2.75, 3.05) is 5.32 Å². The first kappa shape index (κ1) is 18.6. The first-order valence-corrected chi connectivity index (χ1v) is 9.18. The maximum atomic E-state index is 12.1. The molecule has 0 saturated carbocycles. The number of carbonyl (C=O) groups is 1. The quantitative estimate of drug-likeness (QED) is 0.660. The summed E-state index contributed by atoms with van der Waals surface area (Å²) in [5, 5.41) is 14.7. The van der Waals surface area contributed by atoms with Crippen LogP contribution in [-0.2, 0) is 6.54 Å². The highest BCUT2D eigenvalue weighted by Crippen LogP contribution is 2.18. The number of benzene rings is 2. The number of amides is 1. The molecule has 0 aliphatic rings. The minimum Gasteiger partial charge on any atom is -0.365 e. The third-order valence-corrected chi connectivity index (χ3v) is 4.41. The Labute approximate surface area is 159 Å². The van der Waals surface area contributed by atoms with Crippen LogP contribution in [0.1, 0.15) is 36.2 Å². The summed E-state index contributed by atoms with van der Waals surface area (Å²) in [4.78, 5) is 12.1. The summed E-state index contributed by atoms with van der Waals surface area (Å²) in [5.74, 6) is 0.676. The Kier molecular flexibility index (Phi) is 6.15. The number of anilines is 1. The molecule has 0 spiro atoms. The minimum absolute atomic E-state index is 0.0533. The average Bonchev–Trinajstić information content (AvgIpc) is 2.73. The van der Waals surface area contributed by atoms with Gasteiger partial charge in [-0.3, -0.25) is 4.79 Å². The van der Waals surface area contributed by atoms with E-state index in [1.165, 1.54) is 5.56 Å². The molecule has 0 radical (unpaired) electrons. The fourth-order valence-electron chi connectivity index (χ4n) is 2.57. The highest BCUT2D eigenvalue weighted by atomic mass is 16.1. The smallest absolute Gasteiger partial charge is 0.251 e. The van der Waals surface area contributed by atoms with Crippen LogP contribution in [0.4, 0.5) is 5.82 Å². The van der Waals surface area contributed by atoms with Crippen LogP contribution in [0.3, 0.4) is 0 Å². The normalized spacial score (nSPS) is 11.6. The first-order valence-electron chi connectivity index (χ1n) is 9.18. The third-order valence-electron chi connectivity index (χ3n) is 4.41. The van der Waals surface area contributed by atoms with Crippen molar-refractivity contribution < 1.29 is 4.79 Å². The standard InChI is InChI=1S/C22H24N4O/c1-3-16(2)24-22(27)19-11-9-18(10-12-19)20-13-14-21(26-25-20)23-15-17-7-5-4-6-8-17/h4-14,16H,3,15H2,1-2H3,(H,23,26)(H,24,27)/t16-/m1/s1. The summed E-state index contributed by atoms with van der Waals surface area (Å²) < 4.78 is 0. The summed E-state index contributed by atoms with van der Waals surface area (Å²) >= 11 is 0. The van der Waals surface area contributed by atoms with Gasteiger partial charge in [-0.2, -0.15) is 0 Å². The summed E-state index contributed by atoms with van der Waals surface area (Å²) in [5.41, 5.74) is 3.54. The van der Waals surface area contributed by atoms with Crippen LogP contribution in [0.2, 0.25) is 0 Å². The third kappa shape index (κ3) is 5.14. The van der Waals surface area contributed by atoms with Crippen LogP contribution >= 0.6 is 0 Å². The molecule has 3 rings (SSSR count). The Bertz CT molecular complexity index is 861. The Morgan fingerprint density at radius 3 is 2.33 bits per heavy atom. The number of carbonyl (C=O) groups excluding carboxylic acids is 1. The molecule has 0 unspecified atom stereocenters. The average molecular weight is 360 g/mol. The van der Waals surface area contributed by atoms with Gasteiger partial charge in [-0.05, 0) is 43.2 Å². The van der Waals surface area contributed by atoms with Gasteiger partial charge >= 0.3 is 0 Å². The highest BCUT2D eigenvalue weighted by molar-refractivity contribution is 5.94. The van der Waals surface area contributed by atoms with Gasteiger partial charge in [0.15, 0.2) is 0 Å². The molecule has 0 aliphatic carbocycles. The Balaban J connectivity index is 1.62. The fourth-order valence-corrected chi connectivity index (χ4v) is 2.57. The monoisotopic (exact) mass is 360 g/mol. The molecule has 1 amide bonds. The molecular weight excluding hydrogens is 336 g/mol. The number of aromatic nitrogens is 2. The summed E-state index contributed by atoms with van der Waals surface area (Å²) in [6.07, 6.45) is 0.907. The zero-order valence-corrected chi connectivity index (χ0v) is 15.6. The fraction of sp³-hybridized carbons (Fsp3) is 0.227. The number of hydrogen-bond acceptors (Lipinski definition) is 4. The predicted octanol–water partition coefficient (Wildman–Crippen LogP) is 4.28. The molecule has 27 heavy (non-hydrogen) atoms. The van der Waals surface area contributed by atoms with E-state index in [1.54, 1.807) is 0 Å². The van der Waals surface area contributed by atoms with Crippen molar-refractivity contribution in [3.05, 3.63) is 77.9 Å². The van der Waals surface area contributed by atoms with Gasteiger partial charge in [0.05, 0.1) is 5.69 Å². The van der Waals surface area contributed by atoms with Gasteiger partial charge in [0.2, 0.25) is 0 Å². The number of hydrogen-bond donors (Lipinski definition) is 2. The molecule has 3 aromatic rings. The molecule has 0 fully saturated rings. The first-order chi connectivity index (χ1) is 13.2. The lowest BCUT2D eigenvalue weighted by atomic mass is 10.1. The number of rotatable bonds is 7. The van der Waals surface area contributed by atoms with E-state index in [1.807, 2.05) is 68.4 Å². The van der Waals surface area contributed by atoms with E-state index in [2.05, 4.69) is 33.0 Å². The minimum atomic E-state index is -0.0533. The van der Waals surface area contributed by atoms with Crippen LogP contribution in [0.5, 0.6) is 0 Å². The zero-order valence-electron chi connectivity index (χ0n) is 15.6. The van der Waals surface area contributed by atoms with E-state index in [0.717, 1.165) is 23.5 Å². The van der Waals surface area contributed by atoms with E-state index in [0.29, 0.717) is 12.1 Å². The molecule has 1 aromatic heterocycles. The molecule has 0 saturated heterocycles. The lowest BCUT2D eigenvalue weighted by Gasteiger charge is -2.11. The predicted molar refractivity (Wildman–Crippen MR) is 108 cm³/mol. The van der Waals surface area contributed by atoms with Crippen molar-refractivity contribution in [3.8, 4) is 11.3 Å². The van der Waals surface area contributed by atoms with Gasteiger partial charge in [-0.25, -0.2) is 0 Å². The van der Waals surface area contributed by atoms with E-state index < -0.39 is 0 Å². The summed E-state index contributed by atoms with van der Waals surface area (Å²) in [6.45, 7) is 4.75. The van der Waals surface area contributed by atoms with Crippen molar-refractivity contribution in [1.82, 2.24) is 15.5 Å². The highest BCUT2D eigenvalue weighted by Gasteiger charge is 2.09.